The third-order valence-corrected chi connectivity index (χ3v) is 5.11. The fourth-order valence-electron chi connectivity index (χ4n) is 2.72. The molecule has 6 heteroatoms. The van der Waals surface area contributed by atoms with Crippen molar-refractivity contribution < 1.29 is 9.59 Å². The SMILES string of the molecule is CNC(=O)[C@H](C)N(Cc1ccccc1C)C(=O)Cc1c(Cl)cccc1Cl. The molecular formula is C20H22Cl2N2O2. The number of carbonyl (C=O) groups is 2. The van der Waals surface area contributed by atoms with Crippen LogP contribution in [0, 0.1) is 6.92 Å². The molecule has 0 aliphatic rings. The van der Waals surface area contributed by atoms with Gasteiger partial charge in [-0.2, -0.15) is 0 Å². The number of amides is 2. The van der Waals surface area contributed by atoms with Crippen LogP contribution in [0.4, 0.5) is 0 Å². The number of carbonyl (C=O) groups excluding carboxylic acids is 2. The molecule has 4 nitrogen and oxygen atoms in total. The largest absolute Gasteiger partial charge is 0.357 e. The maximum atomic E-state index is 13.0. The molecule has 0 bridgehead atoms. The highest BCUT2D eigenvalue weighted by Crippen LogP contribution is 2.26. The Balaban J connectivity index is 2.32. The zero-order valence-electron chi connectivity index (χ0n) is 15.1. The zero-order valence-corrected chi connectivity index (χ0v) is 16.6. The monoisotopic (exact) mass is 392 g/mol. The summed E-state index contributed by atoms with van der Waals surface area (Å²) in [5.41, 5.74) is 2.62. The predicted octanol–water partition coefficient (Wildman–Crippen LogP) is 4.01. The Kier molecular flexibility index (Phi) is 7.06. The molecule has 0 fully saturated rings. The van der Waals surface area contributed by atoms with Crippen LogP contribution in [-0.2, 0) is 22.6 Å². The third kappa shape index (κ3) is 4.77. The van der Waals surface area contributed by atoms with Crippen molar-refractivity contribution in [3.8, 4) is 0 Å². The molecule has 0 heterocycles. The number of benzene rings is 2. The van der Waals surface area contributed by atoms with Gasteiger partial charge in [0.15, 0.2) is 0 Å². The average molecular weight is 393 g/mol. The lowest BCUT2D eigenvalue weighted by molar-refractivity contribution is -0.139. The van der Waals surface area contributed by atoms with Crippen LogP contribution in [0.25, 0.3) is 0 Å². The summed E-state index contributed by atoms with van der Waals surface area (Å²) < 4.78 is 0. The van der Waals surface area contributed by atoms with E-state index < -0.39 is 6.04 Å². The molecule has 0 spiro atoms. The van der Waals surface area contributed by atoms with E-state index in [1.165, 1.54) is 0 Å². The normalized spacial score (nSPS) is 11.7. The Bertz CT molecular complexity index is 788. The quantitative estimate of drug-likeness (QED) is 0.806. The van der Waals surface area contributed by atoms with Gasteiger partial charge in [0.25, 0.3) is 0 Å². The van der Waals surface area contributed by atoms with Gasteiger partial charge in [0.2, 0.25) is 11.8 Å². The minimum atomic E-state index is -0.617. The Morgan fingerprint density at radius 3 is 2.27 bits per heavy atom. The summed E-state index contributed by atoms with van der Waals surface area (Å²) in [5, 5.41) is 3.48. The number of nitrogens with one attached hydrogen (secondary N) is 1. The van der Waals surface area contributed by atoms with Crippen molar-refractivity contribution >= 4 is 35.0 Å². The maximum absolute atomic E-state index is 13.0. The van der Waals surface area contributed by atoms with Crippen LogP contribution < -0.4 is 5.32 Å². The van der Waals surface area contributed by atoms with Gasteiger partial charge in [-0.15, -0.1) is 0 Å². The van der Waals surface area contributed by atoms with E-state index in [2.05, 4.69) is 5.32 Å². The highest BCUT2D eigenvalue weighted by atomic mass is 35.5. The van der Waals surface area contributed by atoms with Crippen molar-refractivity contribution in [1.29, 1.82) is 0 Å². The molecule has 1 N–H and O–H groups in total. The predicted molar refractivity (Wildman–Crippen MR) is 105 cm³/mol. The zero-order chi connectivity index (χ0) is 19.3. The first-order valence-electron chi connectivity index (χ1n) is 8.33. The first kappa shape index (κ1) is 20.3. The lowest BCUT2D eigenvalue weighted by Crippen LogP contribution is -2.47. The maximum Gasteiger partial charge on any atom is 0.242 e. The molecule has 26 heavy (non-hydrogen) atoms. The third-order valence-electron chi connectivity index (χ3n) is 4.41. The second kappa shape index (κ2) is 9.06. The van der Waals surface area contributed by atoms with Crippen LogP contribution in [0.5, 0.6) is 0 Å². The van der Waals surface area contributed by atoms with E-state index in [9.17, 15) is 9.59 Å². The molecule has 0 aliphatic heterocycles. The minimum Gasteiger partial charge on any atom is -0.357 e. The molecule has 0 saturated carbocycles. The lowest BCUT2D eigenvalue weighted by atomic mass is 10.1. The van der Waals surface area contributed by atoms with Gasteiger partial charge in [0.1, 0.15) is 6.04 Å². The summed E-state index contributed by atoms with van der Waals surface area (Å²) in [6, 6.07) is 12.3. The van der Waals surface area contributed by atoms with Crippen molar-refractivity contribution in [3.05, 3.63) is 69.2 Å². The van der Waals surface area contributed by atoms with Crippen LogP contribution in [-0.4, -0.2) is 29.8 Å². The number of halogens is 2. The molecule has 138 valence electrons. The average Bonchev–Trinajstić information content (AvgIpc) is 2.62. The standard InChI is InChI=1S/C20H22Cl2N2O2/c1-13-7-4-5-8-15(13)12-24(14(2)20(26)23-3)19(25)11-16-17(21)9-6-10-18(16)22/h4-10,14H,11-12H2,1-3H3,(H,23,26)/t14-/m0/s1. The Hall–Kier alpha value is -2.04. The number of aryl methyl sites for hydroxylation is 1. The van der Waals surface area contributed by atoms with Gasteiger partial charge in [-0.25, -0.2) is 0 Å². The van der Waals surface area contributed by atoms with Gasteiger partial charge in [0.05, 0.1) is 6.42 Å². The van der Waals surface area contributed by atoms with E-state index in [1.807, 2.05) is 31.2 Å². The molecule has 2 aromatic rings. The van der Waals surface area contributed by atoms with Crippen LogP contribution in [0.15, 0.2) is 42.5 Å². The molecule has 2 rings (SSSR count). The molecule has 1 atom stereocenters. The van der Waals surface area contributed by atoms with Crippen molar-refractivity contribution in [2.45, 2.75) is 32.9 Å². The Morgan fingerprint density at radius 1 is 1.08 bits per heavy atom. The van der Waals surface area contributed by atoms with Gasteiger partial charge in [-0.3, -0.25) is 9.59 Å². The molecule has 0 radical (unpaired) electrons. The van der Waals surface area contributed by atoms with Crippen LogP contribution in [0.2, 0.25) is 10.0 Å². The van der Waals surface area contributed by atoms with E-state index in [0.717, 1.165) is 11.1 Å². The molecule has 0 saturated heterocycles. The topological polar surface area (TPSA) is 49.4 Å². The smallest absolute Gasteiger partial charge is 0.242 e. The molecule has 2 aromatic carbocycles. The summed E-state index contributed by atoms with van der Waals surface area (Å²) in [6.45, 7) is 4.03. The number of likely N-dealkylation sites (N-methyl/N-ethyl adjacent to an activating group) is 1. The minimum absolute atomic E-state index is 0.0335. The van der Waals surface area contributed by atoms with Crippen LogP contribution >= 0.6 is 23.2 Å². The molecule has 0 unspecified atom stereocenters. The van der Waals surface area contributed by atoms with E-state index in [-0.39, 0.29) is 18.2 Å². The van der Waals surface area contributed by atoms with Crippen molar-refractivity contribution in [2.75, 3.05) is 7.05 Å². The summed E-state index contributed by atoms with van der Waals surface area (Å²) >= 11 is 12.4. The number of hydrogen-bond acceptors (Lipinski definition) is 2. The highest BCUT2D eigenvalue weighted by molar-refractivity contribution is 6.36. The summed E-state index contributed by atoms with van der Waals surface area (Å²) in [4.78, 5) is 26.7. The first-order chi connectivity index (χ1) is 12.3. The number of hydrogen-bond donors (Lipinski definition) is 1. The van der Waals surface area contributed by atoms with Crippen molar-refractivity contribution in [1.82, 2.24) is 10.2 Å². The summed E-state index contributed by atoms with van der Waals surface area (Å²) in [7, 11) is 1.56. The van der Waals surface area contributed by atoms with Gasteiger partial charge >= 0.3 is 0 Å². The lowest BCUT2D eigenvalue weighted by Gasteiger charge is -2.29. The second-order valence-corrected chi connectivity index (χ2v) is 6.93. The number of rotatable bonds is 6. The summed E-state index contributed by atoms with van der Waals surface area (Å²) in [5.74, 6) is -0.434. The fourth-order valence-corrected chi connectivity index (χ4v) is 3.25. The van der Waals surface area contributed by atoms with E-state index >= 15 is 0 Å². The van der Waals surface area contributed by atoms with Gasteiger partial charge in [0, 0.05) is 23.6 Å². The van der Waals surface area contributed by atoms with Gasteiger partial charge < -0.3 is 10.2 Å². The van der Waals surface area contributed by atoms with Crippen LogP contribution in [0.1, 0.15) is 23.6 Å². The van der Waals surface area contributed by atoms with Crippen molar-refractivity contribution in [2.24, 2.45) is 0 Å². The Morgan fingerprint density at radius 2 is 1.69 bits per heavy atom. The molecule has 2 amide bonds. The van der Waals surface area contributed by atoms with E-state index in [0.29, 0.717) is 22.2 Å². The van der Waals surface area contributed by atoms with Crippen molar-refractivity contribution in [3.63, 3.8) is 0 Å². The highest BCUT2D eigenvalue weighted by Gasteiger charge is 2.26. The van der Waals surface area contributed by atoms with E-state index in [4.69, 9.17) is 23.2 Å². The molecule has 0 aromatic heterocycles. The first-order valence-corrected chi connectivity index (χ1v) is 9.09. The van der Waals surface area contributed by atoms with Crippen LogP contribution in [0.3, 0.4) is 0 Å². The van der Waals surface area contributed by atoms with E-state index in [1.54, 1.807) is 37.1 Å². The molecular weight excluding hydrogens is 371 g/mol. The number of nitrogens with zero attached hydrogens (tertiary/aromatic N) is 1. The van der Waals surface area contributed by atoms with Gasteiger partial charge in [-0.1, -0.05) is 53.5 Å². The van der Waals surface area contributed by atoms with Gasteiger partial charge in [-0.05, 0) is 42.7 Å². The molecule has 0 aliphatic carbocycles. The summed E-state index contributed by atoms with van der Waals surface area (Å²) in [6.07, 6.45) is 0.0335. The fraction of sp³-hybridized carbons (Fsp3) is 0.300. The second-order valence-electron chi connectivity index (χ2n) is 6.12. The Labute approximate surface area is 164 Å².